The fourth-order valence-corrected chi connectivity index (χ4v) is 3.12. The molecule has 0 spiro atoms. The predicted octanol–water partition coefficient (Wildman–Crippen LogP) is 1.42. The van der Waals surface area contributed by atoms with E-state index in [1.54, 1.807) is 6.33 Å². The molecular formula is C15H16N4O. The maximum atomic E-state index is 12.6. The molecule has 1 aliphatic carbocycles. The lowest BCUT2D eigenvalue weighted by molar-refractivity contribution is 0.0702. The van der Waals surface area contributed by atoms with Crippen LogP contribution in [-0.2, 0) is 25.9 Å². The second-order valence-corrected chi connectivity index (χ2v) is 5.46. The summed E-state index contributed by atoms with van der Waals surface area (Å²) >= 11 is 0. The van der Waals surface area contributed by atoms with Crippen LogP contribution in [-0.4, -0.2) is 32.1 Å². The molecule has 20 heavy (non-hydrogen) atoms. The molecule has 1 aromatic heterocycles. The fraction of sp³-hybridized carbons (Fsp3) is 0.400. The number of aryl methyl sites for hydroxylation is 2. The van der Waals surface area contributed by atoms with E-state index in [-0.39, 0.29) is 5.91 Å². The molecule has 0 radical (unpaired) electrons. The van der Waals surface area contributed by atoms with Crippen LogP contribution >= 0.6 is 0 Å². The number of carbonyl (C=O) groups excluding carboxylic acids is 1. The third kappa shape index (κ3) is 1.81. The van der Waals surface area contributed by atoms with Crippen molar-refractivity contribution in [3.05, 3.63) is 47.0 Å². The van der Waals surface area contributed by atoms with Crippen molar-refractivity contribution >= 4 is 5.91 Å². The number of carbonyl (C=O) groups is 1. The molecular weight excluding hydrogens is 252 g/mol. The van der Waals surface area contributed by atoms with E-state index in [1.807, 2.05) is 15.6 Å². The Kier molecular flexibility index (Phi) is 2.58. The minimum absolute atomic E-state index is 0.106. The first-order chi connectivity index (χ1) is 9.81. The van der Waals surface area contributed by atoms with Gasteiger partial charge in [0.2, 0.25) is 0 Å². The van der Waals surface area contributed by atoms with Crippen LogP contribution in [0.1, 0.15) is 33.7 Å². The maximum absolute atomic E-state index is 12.6. The SMILES string of the molecule is O=C(c1ccc2c(c1)CCC2)N1CCn2ncnc2C1. The standard InChI is InChI=1S/C15H16N4O/c20-15(13-5-4-11-2-1-3-12(11)8-13)18-6-7-19-14(9-18)16-10-17-19/h4-5,8,10H,1-3,6-7,9H2. The van der Waals surface area contributed by atoms with Gasteiger partial charge in [0, 0.05) is 12.1 Å². The Balaban J connectivity index is 1.59. The molecule has 5 nitrogen and oxygen atoms in total. The number of hydrogen-bond acceptors (Lipinski definition) is 3. The highest BCUT2D eigenvalue weighted by molar-refractivity contribution is 5.94. The average Bonchev–Trinajstić information content (AvgIpc) is 3.13. The summed E-state index contributed by atoms with van der Waals surface area (Å²) in [6.07, 6.45) is 5.01. The van der Waals surface area contributed by atoms with E-state index < -0.39 is 0 Å². The molecule has 0 N–H and O–H groups in total. The van der Waals surface area contributed by atoms with Crippen molar-refractivity contribution in [1.82, 2.24) is 19.7 Å². The van der Waals surface area contributed by atoms with Gasteiger partial charge in [-0.2, -0.15) is 5.10 Å². The van der Waals surface area contributed by atoms with Crippen LogP contribution < -0.4 is 0 Å². The van der Waals surface area contributed by atoms with Gasteiger partial charge in [-0.3, -0.25) is 4.79 Å². The van der Waals surface area contributed by atoms with Crippen molar-refractivity contribution < 1.29 is 4.79 Å². The van der Waals surface area contributed by atoms with Gasteiger partial charge in [0.15, 0.2) is 0 Å². The van der Waals surface area contributed by atoms with E-state index in [0.717, 1.165) is 30.8 Å². The summed E-state index contributed by atoms with van der Waals surface area (Å²) in [6.45, 7) is 1.98. The zero-order valence-electron chi connectivity index (χ0n) is 11.2. The van der Waals surface area contributed by atoms with E-state index >= 15 is 0 Å². The Hall–Kier alpha value is -2.17. The summed E-state index contributed by atoms with van der Waals surface area (Å²) in [4.78, 5) is 18.7. The number of benzene rings is 1. The van der Waals surface area contributed by atoms with Crippen molar-refractivity contribution in [2.45, 2.75) is 32.4 Å². The third-order valence-electron chi connectivity index (χ3n) is 4.24. The topological polar surface area (TPSA) is 51.0 Å². The first kappa shape index (κ1) is 11.6. The molecule has 1 aromatic carbocycles. The number of nitrogens with zero attached hydrogens (tertiary/aromatic N) is 4. The van der Waals surface area contributed by atoms with E-state index in [9.17, 15) is 4.79 Å². The summed E-state index contributed by atoms with van der Waals surface area (Å²) in [7, 11) is 0. The van der Waals surface area contributed by atoms with Gasteiger partial charge < -0.3 is 4.90 Å². The minimum atomic E-state index is 0.106. The van der Waals surface area contributed by atoms with Crippen LogP contribution in [0.4, 0.5) is 0 Å². The van der Waals surface area contributed by atoms with E-state index in [0.29, 0.717) is 13.1 Å². The molecule has 0 bridgehead atoms. The van der Waals surface area contributed by atoms with Crippen LogP contribution in [0, 0.1) is 0 Å². The van der Waals surface area contributed by atoms with Crippen LogP contribution in [0.3, 0.4) is 0 Å². The maximum Gasteiger partial charge on any atom is 0.254 e. The number of aromatic nitrogens is 3. The Morgan fingerprint density at radius 2 is 2.05 bits per heavy atom. The molecule has 0 unspecified atom stereocenters. The van der Waals surface area contributed by atoms with Crippen molar-refractivity contribution in [3.8, 4) is 0 Å². The lowest BCUT2D eigenvalue weighted by Crippen LogP contribution is -2.38. The molecule has 0 atom stereocenters. The van der Waals surface area contributed by atoms with E-state index in [4.69, 9.17) is 0 Å². The van der Waals surface area contributed by atoms with Crippen molar-refractivity contribution in [2.75, 3.05) is 6.54 Å². The highest BCUT2D eigenvalue weighted by Gasteiger charge is 2.24. The van der Waals surface area contributed by atoms with E-state index in [1.165, 1.54) is 17.5 Å². The van der Waals surface area contributed by atoms with Gasteiger partial charge in [-0.15, -0.1) is 0 Å². The molecule has 0 saturated carbocycles. The molecule has 102 valence electrons. The number of fused-ring (bicyclic) bond motifs is 2. The number of rotatable bonds is 1. The molecule has 1 amide bonds. The second-order valence-electron chi connectivity index (χ2n) is 5.46. The van der Waals surface area contributed by atoms with Crippen LogP contribution in [0.2, 0.25) is 0 Å². The molecule has 2 aliphatic rings. The highest BCUT2D eigenvalue weighted by atomic mass is 16.2. The monoisotopic (exact) mass is 268 g/mol. The largest absolute Gasteiger partial charge is 0.329 e. The lowest BCUT2D eigenvalue weighted by Gasteiger charge is -2.27. The molecule has 1 aliphatic heterocycles. The normalized spacial score (nSPS) is 16.9. The summed E-state index contributed by atoms with van der Waals surface area (Å²) in [5, 5.41) is 4.14. The minimum Gasteiger partial charge on any atom is -0.329 e. The Labute approximate surface area is 117 Å². The zero-order chi connectivity index (χ0) is 13.5. The molecule has 0 saturated heterocycles. The molecule has 4 rings (SSSR count). The van der Waals surface area contributed by atoms with Crippen molar-refractivity contribution in [1.29, 1.82) is 0 Å². The Morgan fingerprint density at radius 1 is 1.15 bits per heavy atom. The number of amides is 1. The third-order valence-corrected chi connectivity index (χ3v) is 4.24. The van der Waals surface area contributed by atoms with Gasteiger partial charge in [-0.25, -0.2) is 9.67 Å². The summed E-state index contributed by atoms with van der Waals surface area (Å²) in [5.74, 6) is 0.972. The Bertz CT molecular complexity index is 676. The molecule has 5 heteroatoms. The quantitative estimate of drug-likeness (QED) is 0.786. The van der Waals surface area contributed by atoms with Gasteiger partial charge in [0.05, 0.1) is 13.1 Å². The molecule has 2 aromatic rings. The van der Waals surface area contributed by atoms with Gasteiger partial charge in [0.1, 0.15) is 12.2 Å². The van der Waals surface area contributed by atoms with Crippen molar-refractivity contribution in [3.63, 3.8) is 0 Å². The van der Waals surface area contributed by atoms with Gasteiger partial charge in [-0.1, -0.05) is 6.07 Å². The molecule has 2 heterocycles. The first-order valence-corrected chi connectivity index (χ1v) is 7.09. The summed E-state index contributed by atoms with van der Waals surface area (Å²) < 4.78 is 1.87. The average molecular weight is 268 g/mol. The summed E-state index contributed by atoms with van der Waals surface area (Å²) in [5.41, 5.74) is 3.55. The van der Waals surface area contributed by atoms with Crippen LogP contribution in [0.15, 0.2) is 24.5 Å². The Morgan fingerprint density at radius 3 is 3.00 bits per heavy atom. The fourth-order valence-electron chi connectivity index (χ4n) is 3.12. The molecule has 0 fully saturated rings. The lowest BCUT2D eigenvalue weighted by atomic mass is 10.1. The van der Waals surface area contributed by atoms with E-state index in [2.05, 4.69) is 22.2 Å². The predicted molar refractivity (Wildman–Crippen MR) is 73.2 cm³/mol. The van der Waals surface area contributed by atoms with Crippen LogP contribution in [0.5, 0.6) is 0 Å². The summed E-state index contributed by atoms with van der Waals surface area (Å²) in [6, 6.07) is 6.15. The highest BCUT2D eigenvalue weighted by Crippen LogP contribution is 2.24. The second kappa shape index (κ2) is 4.44. The van der Waals surface area contributed by atoms with Crippen molar-refractivity contribution in [2.24, 2.45) is 0 Å². The smallest absolute Gasteiger partial charge is 0.254 e. The zero-order valence-corrected chi connectivity index (χ0v) is 11.2. The first-order valence-electron chi connectivity index (χ1n) is 7.09. The van der Waals surface area contributed by atoms with Gasteiger partial charge in [0.25, 0.3) is 5.91 Å². The van der Waals surface area contributed by atoms with Gasteiger partial charge >= 0.3 is 0 Å². The number of hydrogen-bond donors (Lipinski definition) is 0. The van der Waals surface area contributed by atoms with Gasteiger partial charge in [-0.05, 0) is 42.5 Å². The van der Waals surface area contributed by atoms with Crippen LogP contribution in [0.25, 0.3) is 0 Å².